The van der Waals surface area contributed by atoms with Crippen molar-refractivity contribution in [2.45, 2.75) is 38.3 Å². The zero-order valence-electron chi connectivity index (χ0n) is 19.1. The lowest BCUT2D eigenvalue weighted by Crippen LogP contribution is -2.37. The van der Waals surface area contributed by atoms with Gasteiger partial charge < -0.3 is 25.4 Å². The molecule has 2 bridgehead atoms. The van der Waals surface area contributed by atoms with Crippen LogP contribution < -0.4 is 16.0 Å². The van der Waals surface area contributed by atoms with Crippen LogP contribution in [0.1, 0.15) is 24.1 Å². The number of nitrogens with zero attached hydrogens (tertiary/aromatic N) is 4. The maximum atomic E-state index is 6.25. The number of nitrogens with two attached hydrogens (primary N) is 1. The fourth-order valence-electron chi connectivity index (χ4n) is 4.72. The number of pyridine rings is 1. The molecule has 3 N–H and O–H groups in total. The number of ether oxygens (including phenoxy) is 2. The Bertz CT molecular complexity index is 1140. The molecule has 2 atom stereocenters. The van der Waals surface area contributed by atoms with Gasteiger partial charge in [-0.05, 0) is 68.1 Å². The molecule has 4 heterocycles. The molecule has 0 saturated carbocycles. The Kier molecular flexibility index (Phi) is 6.11. The van der Waals surface area contributed by atoms with E-state index >= 15 is 0 Å². The van der Waals surface area contributed by atoms with Gasteiger partial charge in [-0.2, -0.15) is 0 Å². The molecule has 0 aliphatic carbocycles. The second-order valence-electron chi connectivity index (χ2n) is 8.72. The number of nitrogens with one attached hydrogen (secondary N) is 1. The van der Waals surface area contributed by atoms with Gasteiger partial charge in [0, 0.05) is 49.1 Å². The number of benzene rings is 1. The first-order valence-electron chi connectivity index (χ1n) is 11.4. The number of hydrogen-bond acceptors (Lipinski definition) is 8. The van der Waals surface area contributed by atoms with Crippen LogP contribution in [-0.4, -0.2) is 54.0 Å². The first kappa shape index (κ1) is 21.6. The molecule has 0 amide bonds. The van der Waals surface area contributed by atoms with E-state index in [1.807, 2.05) is 18.2 Å². The molecule has 2 aromatic heterocycles. The van der Waals surface area contributed by atoms with Gasteiger partial charge >= 0.3 is 0 Å². The van der Waals surface area contributed by atoms with Crippen LogP contribution in [0, 0.1) is 6.92 Å². The Labute approximate surface area is 194 Å². The average molecular weight is 447 g/mol. The SMILES string of the molecule is COCCCc1ccc(-c2ccnc(Nc3ccc(N4C[C@@H]5C[C@H]4CO5)c(C)c3)n2)c(N)n1. The number of methoxy groups -OCH3 is 1. The van der Waals surface area contributed by atoms with E-state index in [0.29, 0.717) is 30.5 Å². The number of nitrogen functional groups attached to an aromatic ring is 1. The number of anilines is 4. The number of rotatable bonds is 8. The maximum absolute atomic E-state index is 6.25. The first-order chi connectivity index (χ1) is 16.1. The van der Waals surface area contributed by atoms with Crippen molar-refractivity contribution in [3.8, 4) is 11.3 Å². The lowest BCUT2D eigenvalue weighted by atomic mass is 10.1. The van der Waals surface area contributed by atoms with E-state index in [1.165, 1.54) is 11.3 Å². The monoisotopic (exact) mass is 446 g/mol. The molecule has 8 heteroatoms. The Balaban J connectivity index is 1.30. The Morgan fingerprint density at radius 1 is 1.21 bits per heavy atom. The van der Waals surface area contributed by atoms with Gasteiger partial charge in [-0.15, -0.1) is 0 Å². The van der Waals surface area contributed by atoms with E-state index in [-0.39, 0.29) is 0 Å². The minimum atomic E-state index is 0.379. The van der Waals surface area contributed by atoms with E-state index in [9.17, 15) is 0 Å². The fraction of sp³-hybridized carbons (Fsp3) is 0.400. The van der Waals surface area contributed by atoms with E-state index in [2.05, 4.69) is 50.3 Å². The summed E-state index contributed by atoms with van der Waals surface area (Å²) in [6.07, 6.45) is 4.99. The van der Waals surface area contributed by atoms with Gasteiger partial charge in [0.05, 0.1) is 24.4 Å². The third-order valence-electron chi connectivity index (χ3n) is 6.36. The molecule has 33 heavy (non-hydrogen) atoms. The van der Waals surface area contributed by atoms with Crippen molar-refractivity contribution >= 4 is 23.1 Å². The highest BCUT2D eigenvalue weighted by Crippen LogP contribution is 2.35. The number of fused-ring (bicyclic) bond motifs is 2. The van der Waals surface area contributed by atoms with Crippen molar-refractivity contribution in [1.29, 1.82) is 0 Å². The van der Waals surface area contributed by atoms with Crippen molar-refractivity contribution < 1.29 is 9.47 Å². The van der Waals surface area contributed by atoms with Crippen molar-refractivity contribution in [1.82, 2.24) is 15.0 Å². The van der Waals surface area contributed by atoms with Crippen LogP contribution in [0.15, 0.2) is 42.6 Å². The normalized spacial score (nSPS) is 19.3. The quantitative estimate of drug-likeness (QED) is 0.505. The van der Waals surface area contributed by atoms with Crippen LogP contribution in [0.5, 0.6) is 0 Å². The summed E-state index contributed by atoms with van der Waals surface area (Å²) in [5.74, 6) is 0.996. The highest BCUT2D eigenvalue weighted by Gasteiger charge is 2.39. The first-order valence-corrected chi connectivity index (χ1v) is 11.4. The summed E-state index contributed by atoms with van der Waals surface area (Å²) < 4.78 is 10.9. The summed E-state index contributed by atoms with van der Waals surface area (Å²) in [6.45, 7) is 4.66. The van der Waals surface area contributed by atoms with Gasteiger partial charge in [0.15, 0.2) is 0 Å². The molecule has 8 nitrogen and oxygen atoms in total. The molecule has 0 unspecified atom stereocenters. The Morgan fingerprint density at radius 2 is 2.12 bits per heavy atom. The van der Waals surface area contributed by atoms with Gasteiger partial charge in [0.25, 0.3) is 0 Å². The summed E-state index contributed by atoms with van der Waals surface area (Å²) in [6, 6.07) is 12.7. The van der Waals surface area contributed by atoms with Crippen molar-refractivity contribution in [3.05, 3.63) is 53.9 Å². The summed E-state index contributed by atoms with van der Waals surface area (Å²) >= 11 is 0. The molecule has 2 aliphatic rings. The largest absolute Gasteiger partial charge is 0.385 e. The molecule has 5 rings (SSSR count). The second-order valence-corrected chi connectivity index (χ2v) is 8.72. The number of morpholine rings is 1. The smallest absolute Gasteiger partial charge is 0.227 e. The van der Waals surface area contributed by atoms with Gasteiger partial charge in [-0.25, -0.2) is 15.0 Å². The average Bonchev–Trinajstić information content (AvgIpc) is 3.44. The minimum absolute atomic E-state index is 0.379. The molecular formula is C25H30N6O2. The summed E-state index contributed by atoms with van der Waals surface area (Å²) in [7, 11) is 1.70. The summed E-state index contributed by atoms with van der Waals surface area (Å²) in [5.41, 5.74) is 12.2. The third-order valence-corrected chi connectivity index (χ3v) is 6.36. The highest BCUT2D eigenvalue weighted by atomic mass is 16.5. The zero-order chi connectivity index (χ0) is 22.8. The summed E-state index contributed by atoms with van der Waals surface area (Å²) in [4.78, 5) is 16.1. The van der Waals surface area contributed by atoms with Gasteiger partial charge in [0.1, 0.15) is 5.82 Å². The predicted molar refractivity (Wildman–Crippen MR) is 130 cm³/mol. The van der Waals surface area contributed by atoms with E-state index < -0.39 is 0 Å². The fourth-order valence-corrected chi connectivity index (χ4v) is 4.72. The molecule has 2 fully saturated rings. The minimum Gasteiger partial charge on any atom is -0.385 e. The van der Waals surface area contributed by atoms with Gasteiger partial charge in [0.2, 0.25) is 5.95 Å². The Morgan fingerprint density at radius 3 is 2.85 bits per heavy atom. The third kappa shape index (κ3) is 4.62. The lowest BCUT2D eigenvalue weighted by molar-refractivity contribution is 0.0991. The molecule has 172 valence electrons. The zero-order valence-corrected chi connectivity index (χ0v) is 19.1. The second kappa shape index (κ2) is 9.33. The number of aryl methyl sites for hydroxylation is 2. The summed E-state index contributed by atoms with van der Waals surface area (Å²) in [5, 5.41) is 3.33. The molecule has 3 aromatic rings. The molecule has 0 radical (unpaired) electrons. The van der Waals surface area contributed by atoms with Crippen molar-refractivity contribution in [3.63, 3.8) is 0 Å². The van der Waals surface area contributed by atoms with Crippen LogP contribution in [0.4, 0.5) is 23.1 Å². The standard InChI is InChI=1S/C25H30N6O2/c1-16-12-18(6-8-23(16)31-14-20-13-19(31)15-33-20)29-25-27-10-9-22(30-25)21-7-5-17(28-24(21)26)4-3-11-32-2/h5-10,12,19-20H,3-4,11,13-15H2,1-2H3,(H2,26,28)(H,27,29,30)/t19-,20-/m0/s1. The van der Waals surface area contributed by atoms with Crippen LogP contribution in [-0.2, 0) is 15.9 Å². The predicted octanol–water partition coefficient (Wildman–Crippen LogP) is 3.73. The van der Waals surface area contributed by atoms with Crippen molar-refractivity contribution in [2.75, 3.05) is 42.8 Å². The van der Waals surface area contributed by atoms with Gasteiger partial charge in [-0.3, -0.25) is 0 Å². The van der Waals surface area contributed by atoms with Crippen LogP contribution in [0.25, 0.3) is 11.3 Å². The van der Waals surface area contributed by atoms with E-state index in [1.54, 1.807) is 13.3 Å². The lowest BCUT2D eigenvalue weighted by Gasteiger charge is -2.30. The number of aromatic nitrogens is 3. The maximum Gasteiger partial charge on any atom is 0.227 e. The molecule has 2 saturated heterocycles. The van der Waals surface area contributed by atoms with E-state index in [4.69, 9.17) is 15.2 Å². The molecular weight excluding hydrogens is 416 g/mol. The molecule has 2 aliphatic heterocycles. The van der Waals surface area contributed by atoms with Gasteiger partial charge in [-0.1, -0.05) is 0 Å². The van der Waals surface area contributed by atoms with Crippen LogP contribution in [0.2, 0.25) is 0 Å². The van der Waals surface area contributed by atoms with Crippen molar-refractivity contribution in [2.24, 2.45) is 0 Å². The highest BCUT2D eigenvalue weighted by molar-refractivity contribution is 5.72. The number of hydrogen-bond donors (Lipinski definition) is 2. The molecule has 0 spiro atoms. The van der Waals surface area contributed by atoms with E-state index in [0.717, 1.165) is 55.1 Å². The van der Waals surface area contributed by atoms with Crippen LogP contribution >= 0.6 is 0 Å². The van der Waals surface area contributed by atoms with Crippen LogP contribution in [0.3, 0.4) is 0 Å². The Hall–Kier alpha value is -3.23. The topological polar surface area (TPSA) is 98.4 Å². The molecule has 1 aromatic carbocycles.